The summed E-state index contributed by atoms with van der Waals surface area (Å²) in [6.45, 7) is 0. The number of rotatable bonds is 5. The van der Waals surface area contributed by atoms with Gasteiger partial charge in [-0.05, 0) is 92.0 Å². The molecule has 1 aromatic heterocycles. The number of benzene rings is 8. The number of aliphatic imine (C=N–C) groups is 2. The maximum Gasteiger partial charge on any atom is 0.160 e. The largest absolute Gasteiger partial charge is 0.456 e. The van der Waals surface area contributed by atoms with Crippen LogP contribution in [0, 0.1) is 0 Å². The lowest BCUT2D eigenvalue weighted by Crippen LogP contribution is -2.33. The molecule has 0 saturated heterocycles. The summed E-state index contributed by atoms with van der Waals surface area (Å²) in [5, 5.41) is 8.20. The first-order valence-corrected chi connectivity index (χ1v) is 18.5. The normalized spacial score (nSPS) is 14.8. The second kappa shape index (κ2) is 12.3. The second-order valence-corrected chi connectivity index (χ2v) is 14.2. The van der Waals surface area contributed by atoms with Crippen LogP contribution in [0.4, 0.5) is 0 Å². The van der Waals surface area contributed by atoms with Crippen molar-refractivity contribution in [3.63, 3.8) is 0 Å². The average Bonchev–Trinajstić information content (AvgIpc) is 3.82. The van der Waals surface area contributed by atoms with Gasteiger partial charge in [0.15, 0.2) is 5.84 Å². The molecule has 11 rings (SSSR count). The van der Waals surface area contributed by atoms with Crippen LogP contribution in [0.1, 0.15) is 34.0 Å². The lowest BCUT2D eigenvalue weighted by atomic mass is 9.91. The minimum Gasteiger partial charge on any atom is -0.456 e. The first-order valence-electron chi connectivity index (χ1n) is 18.5. The Bertz CT molecular complexity index is 3010. The summed E-state index contributed by atoms with van der Waals surface area (Å²) in [6.07, 6.45) is 0.518. The summed E-state index contributed by atoms with van der Waals surface area (Å²) < 4.78 is 6.35. The molecule has 54 heavy (non-hydrogen) atoms. The van der Waals surface area contributed by atoms with Crippen LogP contribution < -0.4 is 5.32 Å². The molecule has 0 fully saturated rings. The van der Waals surface area contributed by atoms with E-state index in [0.29, 0.717) is 5.84 Å². The Morgan fingerprint density at radius 2 is 1.20 bits per heavy atom. The third kappa shape index (κ3) is 5.07. The van der Waals surface area contributed by atoms with Gasteiger partial charge in [0.2, 0.25) is 0 Å². The summed E-state index contributed by atoms with van der Waals surface area (Å²) in [5.41, 5.74) is 14.8. The molecular weight excluding hydrogens is 659 g/mol. The number of nitrogens with one attached hydrogen (secondary N) is 1. The molecule has 1 unspecified atom stereocenters. The Labute approximate surface area is 312 Å². The first kappa shape index (κ1) is 30.6. The summed E-state index contributed by atoms with van der Waals surface area (Å²) in [6, 6.07) is 62.4. The molecule has 8 aromatic carbocycles. The smallest absolute Gasteiger partial charge is 0.160 e. The highest BCUT2D eigenvalue weighted by Crippen LogP contribution is 2.43. The van der Waals surface area contributed by atoms with Crippen molar-refractivity contribution in [3.8, 4) is 33.4 Å². The van der Waals surface area contributed by atoms with Crippen molar-refractivity contribution in [2.24, 2.45) is 9.98 Å². The Morgan fingerprint density at radius 1 is 0.481 bits per heavy atom. The lowest BCUT2D eigenvalue weighted by Gasteiger charge is -2.24. The van der Waals surface area contributed by atoms with Gasteiger partial charge in [-0.3, -0.25) is 0 Å². The predicted molar refractivity (Wildman–Crippen MR) is 222 cm³/mol. The van der Waals surface area contributed by atoms with E-state index in [-0.39, 0.29) is 0 Å². The van der Waals surface area contributed by atoms with Gasteiger partial charge in [-0.2, -0.15) is 0 Å². The van der Waals surface area contributed by atoms with Crippen LogP contribution in [0.2, 0.25) is 0 Å². The van der Waals surface area contributed by atoms with Crippen molar-refractivity contribution in [1.82, 2.24) is 5.32 Å². The van der Waals surface area contributed by atoms with Crippen LogP contribution in [-0.2, 0) is 6.42 Å². The molecule has 1 aliphatic heterocycles. The van der Waals surface area contributed by atoms with Crippen molar-refractivity contribution in [3.05, 3.63) is 204 Å². The van der Waals surface area contributed by atoms with E-state index in [9.17, 15) is 0 Å². The fourth-order valence-electron chi connectivity index (χ4n) is 8.35. The van der Waals surface area contributed by atoms with Gasteiger partial charge in [-0.15, -0.1) is 0 Å². The minimum absolute atomic E-state index is 0.400. The number of para-hydroxylation sites is 1. The van der Waals surface area contributed by atoms with E-state index in [2.05, 4.69) is 163 Å². The summed E-state index contributed by atoms with van der Waals surface area (Å²) >= 11 is 0. The van der Waals surface area contributed by atoms with Crippen LogP contribution in [0.25, 0.3) is 66.1 Å². The highest BCUT2D eigenvalue weighted by Gasteiger charge is 2.26. The number of hydrogen-bond donors (Lipinski definition) is 1. The molecule has 9 aromatic rings. The van der Waals surface area contributed by atoms with Crippen LogP contribution in [0.5, 0.6) is 0 Å². The molecule has 0 radical (unpaired) electrons. The minimum atomic E-state index is -0.400. The number of furan rings is 1. The fourth-order valence-corrected chi connectivity index (χ4v) is 8.35. The van der Waals surface area contributed by atoms with Crippen LogP contribution in [0.15, 0.2) is 190 Å². The third-order valence-electron chi connectivity index (χ3n) is 11.0. The van der Waals surface area contributed by atoms with Crippen molar-refractivity contribution in [2.45, 2.75) is 12.6 Å². The third-order valence-corrected chi connectivity index (χ3v) is 11.0. The van der Waals surface area contributed by atoms with Gasteiger partial charge in [0, 0.05) is 27.5 Å². The molecule has 0 amide bonds. The van der Waals surface area contributed by atoms with Gasteiger partial charge >= 0.3 is 0 Å². The summed E-state index contributed by atoms with van der Waals surface area (Å²) in [5.74, 6) is 1.47. The Hall–Kier alpha value is -7.04. The second-order valence-electron chi connectivity index (χ2n) is 14.2. The van der Waals surface area contributed by atoms with Gasteiger partial charge in [-0.1, -0.05) is 146 Å². The van der Waals surface area contributed by atoms with Gasteiger partial charge in [0.1, 0.15) is 23.2 Å². The molecule has 254 valence electrons. The van der Waals surface area contributed by atoms with E-state index in [0.717, 1.165) is 78.3 Å². The summed E-state index contributed by atoms with van der Waals surface area (Å²) in [7, 11) is 0. The van der Waals surface area contributed by atoms with Crippen LogP contribution >= 0.6 is 0 Å². The standard InChI is InChI=1S/C50H33N3O/c1-2-12-31(13-3-1)32-16-10-17-35(26-32)48-51-49(36-24-25-43-42-20-8-9-23-46(42)54-47(43)30-36)53-50(52-48)45-29-37(27-33-14-4-7-19-39(33)45)40-21-11-22-41-38-18-6-5-15-34(38)28-44(40)41/h1-27,29-30,49H,28H2,(H,51,52,53). The fraction of sp³-hybridized carbons (Fsp3) is 0.0400. The molecule has 2 heterocycles. The molecule has 1 N–H and O–H groups in total. The SMILES string of the molecule is c1ccc(-c2cccc(C3=NC(c4cc(-c5cccc6c5Cc5ccccc5-6)cc5ccccc45)=NC(c4ccc5c(c4)oc4ccccc45)N3)c2)cc1. The van der Waals surface area contributed by atoms with E-state index in [1.54, 1.807) is 0 Å². The molecule has 1 atom stereocenters. The van der Waals surface area contributed by atoms with E-state index in [4.69, 9.17) is 14.4 Å². The van der Waals surface area contributed by atoms with Crippen molar-refractivity contribution in [2.75, 3.05) is 0 Å². The van der Waals surface area contributed by atoms with Crippen molar-refractivity contribution in [1.29, 1.82) is 0 Å². The van der Waals surface area contributed by atoms with E-state index in [1.807, 2.05) is 18.2 Å². The molecule has 0 bridgehead atoms. The topological polar surface area (TPSA) is 49.9 Å². The van der Waals surface area contributed by atoms with Gasteiger partial charge in [0.05, 0.1) is 0 Å². The zero-order valence-electron chi connectivity index (χ0n) is 29.3. The summed E-state index contributed by atoms with van der Waals surface area (Å²) in [4.78, 5) is 10.8. The molecule has 1 aliphatic carbocycles. The van der Waals surface area contributed by atoms with E-state index >= 15 is 0 Å². The maximum absolute atomic E-state index is 6.35. The number of hydrogen-bond acceptors (Lipinski definition) is 4. The molecule has 0 spiro atoms. The van der Waals surface area contributed by atoms with Gasteiger partial charge in [-0.25, -0.2) is 9.98 Å². The number of fused-ring (bicyclic) bond motifs is 7. The molecular formula is C50H33N3O. The Morgan fingerprint density at radius 3 is 2.15 bits per heavy atom. The zero-order chi connectivity index (χ0) is 35.6. The average molecular weight is 692 g/mol. The number of amidine groups is 2. The monoisotopic (exact) mass is 691 g/mol. The van der Waals surface area contributed by atoms with Crippen molar-refractivity contribution >= 4 is 44.4 Å². The molecule has 2 aliphatic rings. The Kier molecular flexibility index (Phi) is 6.96. The van der Waals surface area contributed by atoms with Crippen molar-refractivity contribution < 1.29 is 4.42 Å². The van der Waals surface area contributed by atoms with Gasteiger partial charge in [0.25, 0.3) is 0 Å². The highest BCUT2D eigenvalue weighted by atomic mass is 16.3. The van der Waals surface area contributed by atoms with Crippen LogP contribution in [0.3, 0.4) is 0 Å². The zero-order valence-corrected chi connectivity index (χ0v) is 29.3. The number of nitrogens with zero attached hydrogens (tertiary/aromatic N) is 2. The lowest BCUT2D eigenvalue weighted by molar-refractivity contribution is 0.655. The quantitative estimate of drug-likeness (QED) is 0.195. The predicted octanol–water partition coefficient (Wildman–Crippen LogP) is 12.1. The highest BCUT2D eigenvalue weighted by molar-refractivity contribution is 6.18. The van der Waals surface area contributed by atoms with Crippen LogP contribution in [-0.4, -0.2) is 11.7 Å². The molecule has 4 nitrogen and oxygen atoms in total. The Balaban J connectivity index is 1.10. The molecule has 4 heteroatoms. The van der Waals surface area contributed by atoms with Gasteiger partial charge < -0.3 is 9.73 Å². The first-order chi connectivity index (χ1) is 26.7. The molecule has 0 saturated carbocycles. The van der Waals surface area contributed by atoms with E-state index < -0.39 is 6.17 Å². The maximum atomic E-state index is 6.35. The van der Waals surface area contributed by atoms with E-state index in [1.165, 1.54) is 27.8 Å².